The van der Waals surface area contributed by atoms with Gasteiger partial charge in [0.05, 0.1) is 0 Å². The van der Waals surface area contributed by atoms with Gasteiger partial charge in [-0.15, -0.1) is 0 Å². The number of nitrogens with zero attached hydrogens (tertiary/aromatic N) is 1. The third-order valence-corrected chi connectivity index (χ3v) is 2.07. The van der Waals surface area contributed by atoms with Crippen LogP contribution in [0, 0.1) is 6.92 Å². The standard InChI is InChI=1S/C9H15N3/c1-6-4-9(10)12-5-8(6)7(2)11-3/h4-5,7,11H,1-3H3,(H2,10,12)/t7-/m0/s1. The lowest BCUT2D eigenvalue weighted by molar-refractivity contribution is 0.646. The Labute approximate surface area is 73.0 Å². The number of pyridine rings is 1. The van der Waals surface area contributed by atoms with Crippen molar-refractivity contribution in [2.45, 2.75) is 19.9 Å². The van der Waals surface area contributed by atoms with E-state index in [4.69, 9.17) is 5.73 Å². The van der Waals surface area contributed by atoms with Gasteiger partial charge in [0.25, 0.3) is 0 Å². The number of nitrogens with one attached hydrogen (secondary N) is 1. The van der Waals surface area contributed by atoms with Crippen molar-refractivity contribution < 1.29 is 0 Å². The molecule has 0 saturated heterocycles. The molecule has 0 aromatic carbocycles. The van der Waals surface area contributed by atoms with E-state index in [0.29, 0.717) is 11.9 Å². The Balaban J connectivity index is 3.01. The Morgan fingerprint density at radius 1 is 1.58 bits per heavy atom. The molecule has 1 atom stereocenters. The molecule has 0 fully saturated rings. The maximum absolute atomic E-state index is 5.54. The highest BCUT2D eigenvalue weighted by molar-refractivity contribution is 5.37. The molecule has 0 aliphatic rings. The van der Waals surface area contributed by atoms with E-state index >= 15 is 0 Å². The third-order valence-electron chi connectivity index (χ3n) is 2.07. The molecule has 3 N–H and O–H groups in total. The SMILES string of the molecule is CN[C@@H](C)c1cnc(N)cc1C. The normalized spacial score (nSPS) is 12.9. The van der Waals surface area contributed by atoms with Crippen LogP contribution in [0.1, 0.15) is 24.1 Å². The number of aryl methyl sites for hydroxylation is 1. The van der Waals surface area contributed by atoms with Crippen molar-refractivity contribution in [2.75, 3.05) is 12.8 Å². The summed E-state index contributed by atoms with van der Waals surface area (Å²) < 4.78 is 0. The van der Waals surface area contributed by atoms with Crippen LogP contribution in [0.5, 0.6) is 0 Å². The topological polar surface area (TPSA) is 50.9 Å². The van der Waals surface area contributed by atoms with Gasteiger partial charge in [-0.2, -0.15) is 0 Å². The maximum Gasteiger partial charge on any atom is 0.123 e. The Morgan fingerprint density at radius 2 is 2.25 bits per heavy atom. The van der Waals surface area contributed by atoms with Gasteiger partial charge in [-0.3, -0.25) is 0 Å². The minimum absolute atomic E-state index is 0.332. The summed E-state index contributed by atoms with van der Waals surface area (Å²) in [6.07, 6.45) is 1.83. The zero-order valence-corrected chi connectivity index (χ0v) is 7.76. The number of hydrogen-bond donors (Lipinski definition) is 2. The summed E-state index contributed by atoms with van der Waals surface area (Å²) in [6.45, 7) is 4.14. The van der Waals surface area contributed by atoms with Crippen LogP contribution in [0.4, 0.5) is 5.82 Å². The smallest absolute Gasteiger partial charge is 0.123 e. The largest absolute Gasteiger partial charge is 0.384 e. The molecular formula is C9H15N3. The molecule has 3 nitrogen and oxygen atoms in total. The Kier molecular flexibility index (Phi) is 2.65. The molecule has 3 heteroatoms. The number of nitrogen functional groups attached to an aromatic ring is 1. The molecule has 66 valence electrons. The average molecular weight is 165 g/mol. The highest BCUT2D eigenvalue weighted by atomic mass is 14.9. The highest BCUT2D eigenvalue weighted by Gasteiger charge is 2.05. The third kappa shape index (κ3) is 1.74. The lowest BCUT2D eigenvalue weighted by Crippen LogP contribution is -2.14. The van der Waals surface area contributed by atoms with Crippen LogP contribution in [0.15, 0.2) is 12.3 Å². The van der Waals surface area contributed by atoms with Crippen molar-refractivity contribution in [2.24, 2.45) is 0 Å². The van der Waals surface area contributed by atoms with Gasteiger partial charge in [0.2, 0.25) is 0 Å². The van der Waals surface area contributed by atoms with Gasteiger partial charge in [0.1, 0.15) is 5.82 Å². The van der Waals surface area contributed by atoms with Gasteiger partial charge in [-0.1, -0.05) is 0 Å². The van der Waals surface area contributed by atoms with Crippen molar-refractivity contribution in [1.29, 1.82) is 0 Å². The number of rotatable bonds is 2. The van der Waals surface area contributed by atoms with Gasteiger partial charge in [-0.25, -0.2) is 4.98 Å². The van der Waals surface area contributed by atoms with E-state index in [9.17, 15) is 0 Å². The fraction of sp³-hybridized carbons (Fsp3) is 0.444. The van der Waals surface area contributed by atoms with Crippen LogP contribution in [0.2, 0.25) is 0 Å². The summed E-state index contributed by atoms with van der Waals surface area (Å²) in [6, 6.07) is 2.22. The fourth-order valence-corrected chi connectivity index (χ4v) is 1.20. The van der Waals surface area contributed by atoms with Crippen molar-refractivity contribution in [3.63, 3.8) is 0 Å². The number of hydrogen-bond acceptors (Lipinski definition) is 3. The molecule has 0 amide bonds. The van der Waals surface area contributed by atoms with E-state index < -0.39 is 0 Å². The zero-order chi connectivity index (χ0) is 9.14. The lowest BCUT2D eigenvalue weighted by Gasteiger charge is -2.12. The quantitative estimate of drug-likeness (QED) is 0.693. The molecule has 0 bridgehead atoms. The Morgan fingerprint density at radius 3 is 2.75 bits per heavy atom. The Hall–Kier alpha value is -1.09. The van der Waals surface area contributed by atoms with E-state index in [1.165, 1.54) is 11.1 Å². The highest BCUT2D eigenvalue weighted by Crippen LogP contribution is 2.16. The predicted octanol–water partition coefficient (Wildman–Crippen LogP) is 1.25. The van der Waals surface area contributed by atoms with Gasteiger partial charge < -0.3 is 11.1 Å². The van der Waals surface area contributed by atoms with E-state index in [1.807, 2.05) is 26.2 Å². The summed E-state index contributed by atoms with van der Waals surface area (Å²) in [5, 5.41) is 3.16. The van der Waals surface area contributed by atoms with Gasteiger partial charge in [0.15, 0.2) is 0 Å². The molecule has 12 heavy (non-hydrogen) atoms. The summed E-state index contributed by atoms with van der Waals surface area (Å²) in [4.78, 5) is 4.05. The average Bonchev–Trinajstić information content (AvgIpc) is 2.03. The predicted molar refractivity (Wildman–Crippen MR) is 50.9 cm³/mol. The van der Waals surface area contributed by atoms with Crippen molar-refractivity contribution in [1.82, 2.24) is 10.3 Å². The van der Waals surface area contributed by atoms with Crippen molar-refractivity contribution in [3.05, 3.63) is 23.4 Å². The van der Waals surface area contributed by atoms with E-state index in [1.54, 1.807) is 0 Å². The molecule has 1 heterocycles. The minimum Gasteiger partial charge on any atom is -0.384 e. The number of anilines is 1. The van der Waals surface area contributed by atoms with Gasteiger partial charge in [-0.05, 0) is 38.1 Å². The summed E-state index contributed by atoms with van der Waals surface area (Å²) >= 11 is 0. The molecule has 0 aliphatic heterocycles. The van der Waals surface area contributed by atoms with E-state index in [-0.39, 0.29) is 0 Å². The Bertz CT molecular complexity index is 270. The van der Waals surface area contributed by atoms with Crippen LogP contribution in [-0.2, 0) is 0 Å². The fourth-order valence-electron chi connectivity index (χ4n) is 1.20. The maximum atomic E-state index is 5.54. The van der Waals surface area contributed by atoms with Crippen LogP contribution < -0.4 is 11.1 Å². The minimum atomic E-state index is 0.332. The first-order valence-corrected chi connectivity index (χ1v) is 4.04. The summed E-state index contributed by atoms with van der Waals surface area (Å²) in [5.74, 6) is 0.583. The second-order valence-electron chi connectivity index (χ2n) is 2.98. The first kappa shape index (κ1) is 9.00. The number of aromatic nitrogens is 1. The summed E-state index contributed by atoms with van der Waals surface area (Å²) in [7, 11) is 1.93. The molecular weight excluding hydrogens is 150 g/mol. The van der Waals surface area contributed by atoms with Crippen molar-refractivity contribution in [3.8, 4) is 0 Å². The second-order valence-corrected chi connectivity index (χ2v) is 2.98. The van der Waals surface area contributed by atoms with Crippen molar-refractivity contribution >= 4 is 5.82 Å². The molecule has 1 aromatic rings. The molecule has 0 spiro atoms. The van der Waals surface area contributed by atoms with Crippen LogP contribution in [0.3, 0.4) is 0 Å². The summed E-state index contributed by atoms with van der Waals surface area (Å²) in [5.41, 5.74) is 7.92. The van der Waals surface area contributed by atoms with Crippen LogP contribution >= 0.6 is 0 Å². The zero-order valence-electron chi connectivity index (χ0n) is 7.76. The first-order chi connectivity index (χ1) is 5.65. The monoisotopic (exact) mass is 165 g/mol. The molecule has 0 radical (unpaired) electrons. The van der Waals surface area contributed by atoms with Crippen LogP contribution in [-0.4, -0.2) is 12.0 Å². The first-order valence-electron chi connectivity index (χ1n) is 4.04. The lowest BCUT2D eigenvalue weighted by atomic mass is 10.1. The molecule has 1 rings (SSSR count). The van der Waals surface area contributed by atoms with E-state index in [2.05, 4.69) is 17.2 Å². The molecule has 0 saturated carbocycles. The second kappa shape index (κ2) is 3.54. The van der Waals surface area contributed by atoms with Gasteiger partial charge >= 0.3 is 0 Å². The number of nitrogens with two attached hydrogens (primary N) is 1. The van der Waals surface area contributed by atoms with Crippen LogP contribution in [0.25, 0.3) is 0 Å². The van der Waals surface area contributed by atoms with E-state index in [0.717, 1.165) is 0 Å². The molecule has 0 unspecified atom stereocenters. The molecule has 1 aromatic heterocycles. The van der Waals surface area contributed by atoms with Gasteiger partial charge in [0, 0.05) is 12.2 Å². The molecule has 0 aliphatic carbocycles.